The average molecular weight is 697 g/mol. The summed E-state index contributed by atoms with van der Waals surface area (Å²) in [5.74, 6) is -0.234. The Hall–Kier alpha value is -5.38. The number of fused-ring (bicyclic) bond motifs is 3. The van der Waals surface area contributed by atoms with Crippen LogP contribution in [0.4, 0.5) is 0 Å². The largest absolute Gasteiger partial charge is 0.494 e. The highest BCUT2D eigenvalue weighted by atomic mass is 16.6. The lowest BCUT2D eigenvalue weighted by molar-refractivity contribution is -0.151. The number of carbonyl (C=O) groups is 4. The van der Waals surface area contributed by atoms with Crippen LogP contribution in [-0.2, 0) is 28.6 Å². The molecule has 51 heavy (non-hydrogen) atoms. The fourth-order valence-electron chi connectivity index (χ4n) is 6.14. The molecule has 0 N–H and O–H groups in total. The number of ether oxygens (including phenoxy) is 6. The molecule has 0 bridgehead atoms. The van der Waals surface area contributed by atoms with Crippen LogP contribution in [-0.4, -0.2) is 56.4 Å². The van der Waals surface area contributed by atoms with E-state index >= 15 is 0 Å². The maximum atomic E-state index is 12.9. The topological polar surface area (TPSA) is 124 Å². The molecule has 1 fully saturated rings. The smallest absolute Gasteiger partial charge is 0.343 e. The molecule has 5 rings (SSSR count). The molecule has 3 aromatic carbocycles. The Kier molecular flexibility index (Phi) is 13.0. The number of rotatable bonds is 17. The second kappa shape index (κ2) is 18.0. The number of benzene rings is 3. The van der Waals surface area contributed by atoms with Crippen molar-refractivity contribution in [2.45, 2.75) is 70.3 Å². The van der Waals surface area contributed by atoms with Crippen molar-refractivity contribution in [3.8, 4) is 28.4 Å². The van der Waals surface area contributed by atoms with Crippen LogP contribution in [0.2, 0.25) is 0 Å². The van der Waals surface area contributed by atoms with E-state index in [1.54, 1.807) is 30.3 Å². The minimum Gasteiger partial charge on any atom is -0.494 e. The van der Waals surface area contributed by atoms with Crippen LogP contribution in [0.5, 0.6) is 17.2 Å². The monoisotopic (exact) mass is 696 g/mol. The van der Waals surface area contributed by atoms with Crippen LogP contribution in [0.25, 0.3) is 11.1 Å². The first-order valence-electron chi connectivity index (χ1n) is 17.4. The lowest BCUT2D eigenvalue weighted by Gasteiger charge is -2.21. The summed E-state index contributed by atoms with van der Waals surface area (Å²) >= 11 is 0. The van der Waals surface area contributed by atoms with Gasteiger partial charge in [-0.05, 0) is 109 Å². The highest BCUT2D eigenvalue weighted by molar-refractivity contribution is 5.93. The van der Waals surface area contributed by atoms with Gasteiger partial charge < -0.3 is 28.4 Å². The first kappa shape index (κ1) is 36.9. The van der Waals surface area contributed by atoms with Crippen molar-refractivity contribution in [3.63, 3.8) is 0 Å². The van der Waals surface area contributed by atoms with E-state index in [9.17, 15) is 19.2 Å². The Bertz CT molecular complexity index is 1740. The zero-order valence-electron chi connectivity index (χ0n) is 29.0. The maximum Gasteiger partial charge on any atom is 0.343 e. The van der Waals surface area contributed by atoms with E-state index in [-0.39, 0.29) is 43.8 Å². The maximum absolute atomic E-state index is 12.9. The van der Waals surface area contributed by atoms with Gasteiger partial charge in [-0.1, -0.05) is 38.6 Å². The number of hydrogen-bond acceptors (Lipinski definition) is 10. The lowest BCUT2D eigenvalue weighted by Crippen LogP contribution is -2.22. The van der Waals surface area contributed by atoms with E-state index in [2.05, 4.69) is 20.1 Å². The number of carbonyl (C=O) groups excluding carboxylic acids is 4. The zero-order valence-corrected chi connectivity index (χ0v) is 29.0. The SMILES string of the molecule is C=CC(=O)OCCOc1ccc(C(=O)Oc2ccc3c(c2)C(C)c2cc(OCCCCOC(=O)C(=C)CC(=O)OC4CCCCC4)ccc2-3)cc1. The van der Waals surface area contributed by atoms with Crippen LogP contribution in [0.1, 0.15) is 85.7 Å². The molecule has 0 aliphatic heterocycles. The third kappa shape index (κ3) is 10.3. The molecule has 2 aliphatic rings. The van der Waals surface area contributed by atoms with E-state index in [1.165, 1.54) is 6.42 Å². The van der Waals surface area contributed by atoms with Gasteiger partial charge in [0.05, 0.1) is 25.2 Å². The van der Waals surface area contributed by atoms with Crippen molar-refractivity contribution >= 4 is 23.9 Å². The molecular weight excluding hydrogens is 652 g/mol. The fraction of sp³-hybridized carbons (Fsp3) is 0.366. The summed E-state index contributed by atoms with van der Waals surface area (Å²) in [6.45, 7) is 10.1. The van der Waals surface area contributed by atoms with Crippen LogP contribution in [0.3, 0.4) is 0 Å². The van der Waals surface area contributed by atoms with Gasteiger partial charge in [0.25, 0.3) is 0 Å². The number of esters is 4. The Morgan fingerprint density at radius 3 is 2.08 bits per heavy atom. The van der Waals surface area contributed by atoms with Crippen molar-refractivity contribution in [2.24, 2.45) is 0 Å². The fourth-order valence-corrected chi connectivity index (χ4v) is 6.14. The third-order valence-electron chi connectivity index (χ3n) is 8.87. The first-order chi connectivity index (χ1) is 24.7. The van der Waals surface area contributed by atoms with Gasteiger partial charge in [0, 0.05) is 17.6 Å². The molecular formula is C41H44O10. The molecule has 1 saturated carbocycles. The second-order valence-electron chi connectivity index (χ2n) is 12.6. The number of unbranched alkanes of at least 4 members (excludes halogenated alkanes) is 1. The minimum absolute atomic E-state index is 0.0570. The zero-order chi connectivity index (χ0) is 36.2. The van der Waals surface area contributed by atoms with Gasteiger partial charge in [-0.2, -0.15) is 0 Å². The number of hydrogen-bond donors (Lipinski definition) is 0. The van der Waals surface area contributed by atoms with Gasteiger partial charge >= 0.3 is 23.9 Å². The molecule has 10 nitrogen and oxygen atoms in total. The Morgan fingerprint density at radius 2 is 1.37 bits per heavy atom. The molecule has 3 aromatic rings. The minimum atomic E-state index is -0.579. The van der Waals surface area contributed by atoms with Gasteiger partial charge in [-0.15, -0.1) is 0 Å². The average Bonchev–Trinajstić information content (AvgIpc) is 3.41. The predicted molar refractivity (Wildman–Crippen MR) is 190 cm³/mol. The van der Waals surface area contributed by atoms with Gasteiger partial charge in [-0.25, -0.2) is 14.4 Å². The molecule has 0 saturated heterocycles. The van der Waals surface area contributed by atoms with E-state index < -0.39 is 23.9 Å². The summed E-state index contributed by atoms with van der Waals surface area (Å²) in [6.07, 6.45) is 7.19. The van der Waals surface area contributed by atoms with Crippen molar-refractivity contribution in [1.29, 1.82) is 0 Å². The molecule has 1 atom stereocenters. The molecule has 0 amide bonds. The molecule has 0 heterocycles. The normalized spacial score (nSPS) is 14.7. The van der Waals surface area contributed by atoms with Crippen molar-refractivity contribution in [2.75, 3.05) is 26.4 Å². The summed E-state index contributed by atoms with van der Waals surface area (Å²) in [5, 5.41) is 0. The quantitative estimate of drug-likeness (QED) is 0.0457. The van der Waals surface area contributed by atoms with Crippen molar-refractivity contribution < 1.29 is 47.6 Å². The standard InChI is InChI=1S/C41H44O10/c1-4-38(42)48-23-22-47-30-14-12-29(13-15-30)41(45)51-33-17-19-35-34-18-16-32(25-36(34)28(3)37(35)26-33)46-20-8-9-21-49-40(44)27(2)24-39(43)50-31-10-6-5-7-11-31/h4,12-19,25-26,28,31H,1-2,5-11,20-24H2,3H3. The van der Waals surface area contributed by atoms with E-state index in [0.29, 0.717) is 36.5 Å². The summed E-state index contributed by atoms with van der Waals surface area (Å²) in [6, 6.07) is 18.2. The van der Waals surface area contributed by atoms with E-state index in [1.807, 2.05) is 30.3 Å². The second-order valence-corrected chi connectivity index (χ2v) is 12.6. The van der Waals surface area contributed by atoms with Crippen LogP contribution < -0.4 is 14.2 Å². The predicted octanol–water partition coefficient (Wildman–Crippen LogP) is 7.67. The van der Waals surface area contributed by atoms with Crippen LogP contribution in [0.15, 0.2) is 85.5 Å². The summed E-state index contributed by atoms with van der Waals surface area (Å²) in [7, 11) is 0. The van der Waals surface area contributed by atoms with Crippen molar-refractivity contribution in [3.05, 3.63) is 102 Å². The van der Waals surface area contributed by atoms with E-state index in [4.69, 9.17) is 28.4 Å². The summed E-state index contributed by atoms with van der Waals surface area (Å²) in [5.41, 5.74) is 4.83. The highest BCUT2D eigenvalue weighted by Crippen LogP contribution is 2.47. The molecule has 268 valence electrons. The summed E-state index contributed by atoms with van der Waals surface area (Å²) < 4.78 is 32.9. The molecule has 0 aromatic heterocycles. The Morgan fingerprint density at radius 1 is 0.745 bits per heavy atom. The van der Waals surface area contributed by atoms with Gasteiger partial charge in [0.1, 0.15) is 36.6 Å². The Balaban J connectivity index is 1.03. The molecule has 1 unspecified atom stereocenters. The molecule has 10 heteroatoms. The molecule has 0 spiro atoms. The summed E-state index contributed by atoms with van der Waals surface area (Å²) in [4.78, 5) is 48.4. The Labute approximate surface area is 298 Å². The molecule has 2 aliphatic carbocycles. The third-order valence-corrected chi connectivity index (χ3v) is 8.87. The van der Waals surface area contributed by atoms with Crippen LogP contribution in [0, 0.1) is 0 Å². The van der Waals surface area contributed by atoms with Crippen molar-refractivity contribution in [1.82, 2.24) is 0 Å². The first-order valence-corrected chi connectivity index (χ1v) is 17.4. The van der Waals surface area contributed by atoms with Gasteiger partial charge in [0.15, 0.2) is 0 Å². The van der Waals surface area contributed by atoms with Gasteiger partial charge in [-0.3, -0.25) is 4.79 Å². The van der Waals surface area contributed by atoms with E-state index in [0.717, 1.165) is 59.8 Å². The van der Waals surface area contributed by atoms with Crippen LogP contribution >= 0.6 is 0 Å². The van der Waals surface area contributed by atoms with Gasteiger partial charge in [0.2, 0.25) is 0 Å². The molecule has 0 radical (unpaired) electrons. The lowest BCUT2D eigenvalue weighted by atomic mass is 9.98. The highest BCUT2D eigenvalue weighted by Gasteiger charge is 2.27.